The Labute approximate surface area is 122 Å². The van der Waals surface area contributed by atoms with Crippen LogP contribution in [0.5, 0.6) is 5.75 Å². The number of carbonyl (C=O) groups excluding carboxylic acids is 1. The molecule has 1 aliphatic heterocycles. The smallest absolute Gasteiger partial charge is 0.263 e. The van der Waals surface area contributed by atoms with Gasteiger partial charge in [0, 0.05) is 26.2 Å². The second-order valence-electron chi connectivity index (χ2n) is 4.82. The Bertz CT molecular complexity index is 445. The summed E-state index contributed by atoms with van der Waals surface area (Å²) in [6.07, 6.45) is -0.456. The number of para-hydroxylation sites is 1. The Morgan fingerprint density at radius 1 is 1.26 bits per heavy atom. The molecule has 0 aromatic heterocycles. The molecule has 5 heteroatoms. The number of amides is 1. The highest BCUT2D eigenvalue weighted by atomic mass is 79.9. The molecule has 1 atom stereocenters. The van der Waals surface area contributed by atoms with Crippen LogP contribution >= 0.6 is 15.9 Å². The molecule has 1 saturated heterocycles. The Kier molecular flexibility index (Phi) is 4.82. The molecule has 0 saturated carbocycles. The van der Waals surface area contributed by atoms with Crippen LogP contribution in [-0.4, -0.2) is 55.0 Å². The minimum Gasteiger partial charge on any atom is -0.480 e. The van der Waals surface area contributed by atoms with Crippen molar-refractivity contribution in [2.24, 2.45) is 0 Å². The summed E-state index contributed by atoms with van der Waals surface area (Å²) >= 11 is 3.42. The number of likely N-dealkylation sites (N-methyl/N-ethyl adjacent to an activating group) is 1. The van der Waals surface area contributed by atoms with Crippen molar-refractivity contribution in [3.05, 3.63) is 28.7 Å². The van der Waals surface area contributed by atoms with Crippen LogP contribution in [0, 0.1) is 0 Å². The number of benzene rings is 1. The molecule has 19 heavy (non-hydrogen) atoms. The third kappa shape index (κ3) is 3.70. The fourth-order valence-corrected chi connectivity index (χ4v) is 2.44. The van der Waals surface area contributed by atoms with Gasteiger partial charge < -0.3 is 14.5 Å². The largest absolute Gasteiger partial charge is 0.480 e. The number of piperazine rings is 1. The first kappa shape index (κ1) is 14.3. The molecule has 1 fully saturated rings. The molecule has 1 heterocycles. The minimum atomic E-state index is -0.456. The number of carbonyl (C=O) groups is 1. The average Bonchev–Trinajstić information content (AvgIpc) is 2.41. The molecule has 1 unspecified atom stereocenters. The van der Waals surface area contributed by atoms with E-state index in [1.54, 1.807) is 6.92 Å². The van der Waals surface area contributed by atoms with Crippen LogP contribution in [0.15, 0.2) is 28.7 Å². The molecule has 2 rings (SSSR count). The maximum Gasteiger partial charge on any atom is 0.263 e. The topological polar surface area (TPSA) is 32.8 Å². The Hall–Kier alpha value is -1.07. The first-order valence-electron chi connectivity index (χ1n) is 6.46. The molecule has 0 aliphatic carbocycles. The second-order valence-corrected chi connectivity index (χ2v) is 5.67. The SMILES string of the molecule is CC(Oc1ccccc1Br)C(=O)N1CCN(C)CC1. The Morgan fingerprint density at radius 3 is 2.53 bits per heavy atom. The van der Waals surface area contributed by atoms with E-state index < -0.39 is 6.10 Å². The van der Waals surface area contributed by atoms with Crippen LogP contribution in [0.1, 0.15) is 6.92 Å². The lowest BCUT2D eigenvalue weighted by Crippen LogP contribution is -2.50. The van der Waals surface area contributed by atoms with Gasteiger partial charge in [0.1, 0.15) is 5.75 Å². The monoisotopic (exact) mass is 326 g/mol. The maximum absolute atomic E-state index is 12.3. The number of hydrogen-bond acceptors (Lipinski definition) is 3. The molecule has 1 aliphatic rings. The standard InChI is InChI=1S/C14H19BrN2O2/c1-11(19-13-6-4-3-5-12(13)15)14(18)17-9-7-16(2)8-10-17/h3-6,11H,7-10H2,1-2H3. The molecule has 0 radical (unpaired) electrons. The van der Waals surface area contributed by atoms with E-state index in [-0.39, 0.29) is 5.91 Å². The van der Waals surface area contributed by atoms with E-state index in [1.807, 2.05) is 29.2 Å². The fraction of sp³-hybridized carbons (Fsp3) is 0.500. The first-order valence-corrected chi connectivity index (χ1v) is 7.26. The summed E-state index contributed by atoms with van der Waals surface area (Å²) in [6, 6.07) is 7.58. The second kappa shape index (κ2) is 6.39. The third-order valence-electron chi connectivity index (χ3n) is 3.30. The van der Waals surface area contributed by atoms with Crippen molar-refractivity contribution < 1.29 is 9.53 Å². The lowest BCUT2D eigenvalue weighted by Gasteiger charge is -2.33. The number of halogens is 1. The number of hydrogen-bond donors (Lipinski definition) is 0. The molecule has 104 valence electrons. The van der Waals surface area contributed by atoms with E-state index >= 15 is 0 Å². The van der Waals surface area contributed by atoms with Crippen molar-refractivity contribution in [3.8, 4) is 5.75 Å². The van der Waals surface area contributed by atoms with Gasteiger partial charge in [0.2, 0.25) is 0 Å². The van der Waals surface area contributed by atoms with E-state index in [1.165, 1.54) is 0 Å². The number of nitrogens with zero attached hydrogens (tertiary/aromatic N) is 2. The predicted molar refractivity (Wildman–Crippen MR) is 78.3 cm³/mol. The molecular formula is C14H19BrN2O2. The summed E-state index contributed by atoms with van der Waals surface area (Å²) in [4.78, 5) is 16.4. The van der Waals surface area contributed by atoms with Crippen LogP contribution in [0.2, 0.25) is 0 Å². The van der Waals surface area contributed by atoms with Crippen LogP contribution in [-0.2, 0) is 4.79 Å². The quantitative estimate of drug-likeness (QED) is 0.851. The number of rotatable bonds is 3. The average molecular weight is 327 g/mol. The van der Waals surface area contributed by atoms with Crippen molar-refractivity contribution in [2.45, 2.75) is 13.0 Å². The van der Waals surface area contributed by atoms with E-state index in [0.717, 1.165) is 30.7 Å². The van der Waals surface area contributed by atoms with Crippen LogP contribution in [0.3, 0.4) is 0 Å². The number of ether oxygens (including phenoxy) is 1. The Morgan fingerprint density at radius 2 is 1.89 bits per heavy atom. The van der Waals surface area contributed by atoms with E-state index in [2.05, 4.69) is 27.9 Å². The zero-order chi connectivity index (χ0) is 13.8. The Balaban J connectivity index is 1.94. The van der Waals surface area contributed by atoms with Crippen molar-refractivity contribution in [1.82, 2.24) is 9.80 Å². The fourth-order valence-electron chi connectivity index (χ4n) is 2.07. The highest BCUT2D eigenvalue weighted by Crippen LogP contribution is 2.25. The predicted octanol–water partition coefficient (Wildman–Crippen LogP) is 1.99. The molecule has 1 amide bonds. The lowest BCUT2D eigenvalue weighted by atomic mass is 10.2. The van der Waals surface area contributed by atoms with Gasteiger partial charge in [0.25, 0.3) is 5.91 Å². The molecule has 4 nitrogen and oxygen atoms in total. The summed E-state index contributed by atoms with van der Waals surface area (Å²) in [5.74, 6) is 0.765. The maximum atomic E-state index is 12.3. The van der Waals surface area contributed by atoms with Gasteiger partial charge in [-0.15, -0.1) is 0 Å². The zero-order valence-electron chi connectivity index (χ0n) is 11.3. The molecular weight excluding hydrogens is 308 g/mol. The van der Waals surface area contributed by atoms with Crippen molar-refractivity contribution in [1.29, 1.82) is 0 Å². The summed E-state index contributed by atoms with van der Waals surface area (Å²) in [7, 11) is 2.07. The van der Waals surface area contributed by atoms with E-state index in [0.29, 0.717) is 5.75 Å². The summed E-state index contributed by atoms with van der Waals surface area (Å²) < 4.78 is 6.60. The summed E-state index contributed by atoms with van der Waals surface area (Å²) in [5, 5.41) is 0. The van der Waals surface area contributed by atoms with Crippen molar-refractivity contribution >= 4 is 21.8 Å². The van der Waals surface area contributed by atoms with Gasteiger partial charge >= 0.3 is 0 Å². The van der Waals surface area contributed by atoms with Crippen LogP contribution in [0.25, 0.3) is 0 Å². The van der Waals surface area contributed by atoms with Crippen LogP contribution in [0.4, 0.5) is 0 Å². The highest BCUT2D eigenvalue weighted by Gasteiger charge is 2.25. The summed E-state index contributed by atoms with van der Waals surface area (Å²) in [6.45, 7) is 5.21. The van der Waals surface area contributed by atoms with Gasteiger partial charge in [-0.2, -0.15) is 0 Å². The van der Waals surface area contributed by atoms with Gasteiger partial charge in [-0.05, 0) is 42.0 Å². The minimum absolute atomic E-state index is 0.0591. The van der Waals surface area contributed by atoms with Gasteiger partial charge in [0.15, 0.2) is 6.10 Å². The molecule has 0 spiro atoms. The van der Waals surface area contributed by atoms with Gasteiger partial charge in [0.05, 0.1) is 4.47 Å². The zero-order valence-corrected chi connectivity index (χ0v) is 12.9. The van der Waals surface area contributed by atoms with E-state index in [9.17, 15) is 4.79 Å². The van der Waals surface area contributed by atoms with Crippen LogP contribution < -0.4 is 4.74 Å². The molecule has 0 bridgehead atoms. The van der Waals surface area contributed by atoms with Gasteiger partial charge in [-0.25, -0.2) is 0 Å². The van der Waals surface area contributed by atoms with Gasteiger partial charge in [-0.1, -0.05) is 12.1 Å². The normalized spacial score (nSPS) is 18.2. The first-order chi connectivity index (χ1) is 9.08. The lowest BCUT2D eigenvalue weighted by molar-refractivity contribution is -0.139. The van der Waals surface area contributed by atoms with E-state index in [4.69, 9.17) is 4.74 Å². The summed E-state index contributed by atoms with van der Waals surface area (Å²) in [5.41, 5.74) is 0. The third-order valence-corrected chi connectivity index (χ3v) is 3.96. The van der Waals surface area contributed by atoms with Crippen molar-refractivity contribution in [2.75, 3.05) is 33.2 Å². The van der Waals surface area contributed by atoms with Gasteiger partial charge in [-0.3, -0.25) is 4.79 Å². The molecule has 1 aromatic carbocycles. The van der Waals surface area contributed by atoms with Crippen molar-refractivity contribution in [3.63, 3.8) is 0 Å². The molecule has 1 aromatic rings. The molecule has 0 N–H and O–H groups in total. The highest BCUT2D eigenvalue weighted by molar-refractivity contribution is 9.10.